The van der Waals surface area contributed by atoms with Gasteiger partial charge in [0.2, 0.25) is 0 Å². The van der Waals surface area contributed by atoms with Crippen LogP contribution in [0.2, 0.25) is 18.1 Å². The molecule has 0 radical (unpaired) electrons. The second-order valence-corrected chi connectivity index (χ2v) is 13.6. The Kier molecular flexibility index (Phi) is 7.44. The number of carbonyl (C=O) groups is 1. The first-order valence-corrected chi connectivity index (χ1v) is 12.1. The van der Waals surface area contributed by atoms with E-state index in [4.69, 9.17) is 18.6 Å². The molecule has 1 saturated heterocycles. The van der Waals surface area contributed by atoms with E-state index in [1.165, 1.54) is 6.92 Å². The second-order valence-electron chi connectivity index (χ2n) is 8.82. The van der Waals surface area contributed by atoms with Crippen molar-refractivity contribution in [3.8, 4) is 0 Å². The van der Waals surface area contributed by atoms with Gasteiger partial charge in [0.1, 0.15) is 24.4 Å². The van der Waals surface area contributed by atoms with E-state index in [9.17, 15) is 4.79 Å². The highest BCUT2D eigenvalue weighted by Crippen LogP contribution is 2.41. The van der Waals surface area contributed by atoms with Gasteiger partial charge in [0.25, 0.3) is 0 Å². The van der Waals surface area contributed by atoms with Crippen LogP contribution >= 0.6 is 0 Å². The molecule has 4 atom stereocenters. The van der Waals surface area contributed by atoms with Gasteiger partial charge in [-0.05, 0) is 32.0 Å². The van der Waals surface area contributed by atoms with E-state index >= 15 is 0 Å². The molecule has 6 heteroatoms. The minimum atomic E-state index is -2.16. The van der Waals surface area contributed by atoms with Crippen LogP contribution in [0.15, 0.2) is 25.3 Å². The maximum absolute atomic E-state index is 11.7. The SMILES string of the molecule is C=CCC(OC(C)=O)[C@H](O[Si](C)(C)C(C)(C)C)[C@H]1OC(C)(C)O[C@H]1C=C. The summed E-state index contributed by atoms with van der Waals surface area (Å²) >= 11 is 0. The minimum absolute atomic E-state index is 0.00113. The van der Waals surface area contributed by atoms with E-state index < -0.39 is 32.4 Å². The summed E-state index contributed by atoms with van der Waals surface area (Å²) in [4.78, 5) is 11.7. The normalized spacial score (nSPS) is 25.4. The lowest BCUT2D eigenvalue weighted by molar-refractivity contribution is -0.170. The summed E-state index contributed by atoms with van der Waals surface area (Å²) in [5, 5.41) is -0.00113. The molecule has 0 bridgehead atoms. The third-order valence-electron chi connectivity index (χ3n) is 5.04. The average molecular weight is 385 g/mol. The van der Waals surface area contributed by atoms with Crippen molar-refractivity contribution in [1.82, 2.24) is 0 Å². The molecular formula is C20H36O5Si. The van der Waals surface area contributed by atoms with Crippen molar-refractivity contribution in [3.05, 3.63) is 25.3 Å². The molecule has 0 aromatic rings. The van der Waals surface area contributed by atoms with E-state index in [-0.39, 0.29) is 17.1 Å². The number of ether oxygens (including phenoxy) is 3. The Bertz CT molecular complexity index is 521. The Morgan fingerprint density at radius 1 is 1.27 bits per heavy atom. The fourth-order valence-corrected chi connectivity index (χ4v) is 4.07. The topological polar surface area (TPSA) is 54.0 Å². The summed E-state index contributed by atoms with van der Waals surface area (Å²) in [5.41, 5.74) is 0. The van der Waals surface area contributed by atoms with Crippen molar-refractivity contribution >= 4 is 14.3 Å². The molecule has 0 aromatic heterocycles. The summed E-state index contributed by atoms with van der Waals surface area (Å²) in [6.45, 7) is 23.7. The summed E-state index contributed by atoms with van der Waals surface area (Å²) in [6, 6.07) is 0. The number of rotatable bonds is 8. The summed E-state index contributed by atoms with van der Waals surface area (Å²) in [5.74, 6) is -1.11. The van der Waals surface area contributed by atoms with Gasteiger partial charge >= 0.3 is 5.97 Å². The maximum Gasteiger partial charge on any atom is 0.303 e. The first-order valence-electron chi connectivity index (χ1n) is 9.18. The predicted molar refractivity (Wildman–Crippen MR) is 106 cm³/mol. The molecule has 0 amide bonds. The van der Waals surface area contributed by atoms with Crippen LogP contribution in [-0.4, -0.2) is 44.5 Å². The average Bonchev–Trinajstić information content (AvgIpc) is 2.77. The Morgan fingerprint density at radius 3 is 2.27 bits per heavy atom. The van der Waals surface area contributed by atoms with E-state index in [1.807, 2.05) is 13.8 Å². The van der Waals surface area contributed by atoms with Crippen LogP contribution in [0.3, 0.4) is 0 Å². The van der Waals surface area contributed by atoms with Gasteiger partial charge in [0.05, 0.1) is 0 Å². The Labute approximate surface area is 159 Å². The first kappa shape index (κ1) is 23.1. The Morgan fingerprint density at radius 2 is 1.85 bits per heavy atom. The maximum atomic E-state index is 11.7. The molecule has 0 spiro atoms. The molecular weight excluding hydrogens is 348 g/mol. The Balaban J connectivity index is 3.29. The van der Waals surface area contributed by atoms with Crippen molar-refractivity contribution in [1.29, 1.82) is 0 Å². The van der Waals surface area contributed by atoms with Crippen molar-refractivity contribution < 1.29 is 23.4 Å². The predicted octanol–water partition coefficient (Wildman–Crippen LogP) is 4.59. The van der Waals surface area contributed by atoms with Gasteiger partial charge in [-0.15, -0.1) is 13.2 Å². The fourth-order valence-electron chi connectivity index (χ4n) is 2.75. The summed E-state index contributed by atoms with van der Waals surface area (Å²) in [7, 11) is -2.16. The van der Waals surface area contributed by atoms with Crippen LogP contribution < -0.4 is 0 Å². The van der Waals surface area contributed by atoms with Crippen molar-refractivity contribution in [2.45, 2.75) is 96.3 Å². The van der Waals surface area contributed by atoms with Crippen LogP contribution in [0.5, 0.6) is 0 Å². The monoisotopic (exact) mass is 384 g/mol. The molecule has 5 nitrogen and oxygen atoms in total. The van der Waals surface area contributed by atoms with Crippen LogP contribution in [0.1, 0.15) is 48.0 Å². The molecule has 1 unspecified atom stereocenters. The fraction of sp³-hybridized carbons (Fsp3) is 0.750. The third kappa shape index (κ3) is 5.77. The molecule has 0 aromatic carbocycles. The van der Waals surface area contributed by atoms with Crippen LogP contribution in [-0.2, 0) is 23.4 Å². The molecule has 1 heterocycles. The van der Waals surface area contributed by atoms with E-state index in [0.29, 0.717) is 6.42 Å². The highest BCUT2D eigenvalue weighted by atomic mass is 28.4. The van der Waals surface area contributed by atoms with Crippen molar-refractivity contribution in [2.24, 2.45) is 0 Å². The zero-order chi connectivity index (χ0) is 20.3. The second kappa shape index (κ2) is 8.38. The van der Waals surface area contributed by atoms with Gasteiger partial charge in [0, 0.05) is 13.3 Å². The highest BCUT2D eigenvalue weighted by molar-refractivity contribution is 6.74. The van der Waals surface area contributed by atoms with Gasteiger partial charge in [-0.25, -0.2) is 0 Å². The van der Waals surface area contributed by atoms with Crippen molar-refractivity contribution in [3.63, 3.8) is 0 Å². The largest absolute Gasteiger partial charge is 0.459 e. The molecule has 1 rings (SSSR count). The van der Waals surface area contributed by atoms with Crippen molar-refractivity contribution in [2.75, 3.05) is 0 Å². The third-order valence-corrected chi connectivity index (χ3v) is 9.51. The van der Waals surface area contributed by atoms with E-state index in [0.717, 1.165) is 0 Å². The van der Waals surface area contributed by atoms with Crippen LogP contribution in [0, 0.1) is 0 Å². The van der Waals surface area contributed by atoms with E-state index in [2.05, 4.69) is 47.0 Å². The molecule has 26 heavy (non-hydrogen) atoms. The molecule has 0 aliphatic carbocycles. The van der Waals surface area contributed by atoms with Crippen LogP contribution in [0.25, 0.3) is 0 Å². The number of hydrogen-bond donors (Lipinski definition) is 0. The molecule has 1 aliphatic rings. The smallest absolute Gasteiger partial charge is 0.303 e. The Hall–Kier alpha value is -0.953. The molecule has 1 fully saturated rings. The first-order chi connectivity index (χ1) is 11.7. The summed E-state index contributed by atoms with van der Waals surface area (Å²) < 4.78 is 24.4. The lowest BCUT2D eigenvalue weighted by Crippen LogP contribution is -2.54. The molecule has 0 N–H and O–H groups in total. The minimum Gasteiger partial charge on any atom is -0.459 e. The number of esters is 1. The lowest BCUT2D eigenvalue weighted by atomic mass is 10.0. The highest BCUT2D eigenvalue weighted by Gasteiger charge is 2.50. The van der Waals surface area contributed by atoms with E-state index in [1.54, 1.807) is 12.2 Å². The summed E-state index contributed by atoms with van der Waals surface area (Å²) in [6.07, 6.45) is 2.21. The number of hydrogen-bond acceptors (Lipinski definition) is 5. The van der Waals surface area contributed by atoms with Gasteiger partial charge in [-0.3, -0.25) is 4.79 Å². The molecule has 1 aliphatic heterocycles. The van der Waals surface area contributed by atoms with Gasteiger partial charge < -0.3 is 18.6 Å². The van der Waals surface area contributed by atoms with Gasteiger partial charge in [-0.2, -0.15) is 0 Å². The molecule has 150 valence electrons. The lowest BCUT2D eigenvalue weighted by Gasteiger charge is -2.43. The zero-order valence-corrected chi connectivity index (χ0v) is 18.6. The standard InChI is InChI=1S/C20H36O5Si/c1-11-13-16(22-14(3)21)18(25-26(9,10)19(4,5)6)17-15(12-2)23-20(7,8)24-17/h11-12,15-18H,1-2,13H2,3-10H3/t15-,16?,17-,18-/m0/s1. The van der Waals surface area contributed by atoms with Crippen LogP contribution in [0.4, 0.5) is 0 Å². The zero-order valence-electron chi connectivity index (χ0n) is 17.6. The van der Waals surface area contributed by atoms with Gasteiger partial charge in [0.15, 0.2) is 14.1 Å². The number of carbonyl (C=O) groups excluding carboxylic acids is 1. The van der Waals surface area contributed by atoms with Gasteiger partial charge in [-0.1, -0.05) is 32.9 Å². The molecule has 0 saturated carbocycles. The quantitative estimate of drug-likeness (QED) is 0.348.